The molecular weight excluding hydrogens is 350 g/mol. The van der Waals surface area contributed by atoms with Gasteiger partial charge in [-0.25, -0.2) is 4.39 Å². The summed E-state index contributed by atoms with van der Waals surface area (Å²) in [5, 5.41) is 3.32. The number of fused-ring (bicyclic) bond motifs is 1. The minimum Gasteiger partial charge on any atom is -0.355 e. The highest BCUT2D eigenvalue weighted by Gasteiger charge is 2.12. The van der Waals surface area contributed by atoms with E-state index < -0.39 is 0 Å². The van der Waals surface area contributed by atoms with Crippen LogP contribution in [0.15, 0.2) is 36.4 Å². The Bertz CT molecular complexity index is 737. The Labute approximate surface area is 151 Å². The van der Waals surface area contributed by atoms with E-state index in [0.29, 0.717) is 15.6 Å². The molecule has 0 unspecified atom stereocenters. The first-order chi connectivity index (χ1) is 11.4. The van der Waals surface area contributed by atoms with E-state index in [1.165, 1.54) is 11.6 Å². The van der Waals surface area contributed by atoms with Crippen molar-refractivity contribution in [1.29, 1.82) is 0 Å². The molecule has 2 aromatic rings. The second-order valence-electron chi connectivity index (χ2n) is 5.61. The predicted molar refractivity (Wildman–Crippen MR) is 96.3 cm³/mol. The number of carbonyl (C=O) groups is 1. The fraction of sp³-hybridized carbons (Fsp3) is 0.278. The van der Waals surface area contributed by atoms with Crippen LogP contribution in [0.4, 0.5) is 4.39 Å². The lowest BCUT2D eigenvalue weighted by Crippen LogP contribution is -2.26. The van der Waals surface area contributed by atoms with Gasteiger partial charge >= 0.3 is 0 Å². The van der Waals surface area contributed by atoms with E-state index in [1.54, 1.807) is 31.3 Å². The van der Waals surface area contributed by atoms with Crippen LogP contribution in [0.25, 0.3) is 0 Å². The molecule has 1 aliphatic heterocycles. The Morgan fingerprint density at radius 3 is 2.54 bits per heavy atom. The van der Waals surface area contributed by atoms with Crippen LogP contribution < -0.4 is 5.32 Å². The number of hydrogen-bond donors (Lipinski definition) is 1. The maximum absolute atomic E-state index is 12.8. The van der Waals surface area contributed by atoms with Gasteiger partial charge in [0.25, 0.3) is 5.91 Å². The second-order valence-corrected chi connectivity index (χ2v) is 6.42. The first-order valence-corrected chi connectivity index (χ1v) is 8.29. The van der Waals surface area contributed by atoms with Crippen LogP contribution in [0.5, 0.6) is 0 Å². The first-order valence-electron chi connectivity index (χ1n) is 7.53. The standard InChI is InChI=1S/C10H12FN.C8H7Cl2NO/c1-12-5-4-8-2-3-10(11)6-9(8)7-12;1-11-8(12)5-2-3-6(9)7(10)4-5/h2-3,6H,4-5,7H2,1H3;2-4H,1H3,(H,11,12). The maximum atomic E-state index is 12.8. The molecule has 3 rings (SSSR count). The van der Waals surface area contributed by atoms with Crippen LogP contribution in [-0.4, -0.2) is 31.4 Å². The van der Waals surface area contributed by atoms with Crippen LogP contribution in [0.1, 0.15) is 21.5 Å². The summed E-state index contributed by atoms with van der Waals surface area (Å²) in [5.41, 5.74) is 2.95. The lowest BCUT2D eigenvalue weighted by molar-refractivity contribution is 0.0963. The molecule has 0 atom stereocenters. The van der Waals surface area contributed by atoms with Crippen molar-refractivity contribution in [2.75, 3.05) is 20.6 Å². The highest BCUT2D eigenvalue weighted by atomic mass is 35.5. The molecular formula is C18H19Cl2FN2O. The quantitative estimate of drug-likeness (QED) is 0.819. The number of nitrogens with zero attached hydrogens (tertiary/aromatic N) is 1. The molecule has 0 spiro atoms. The summed E-state index contributed by atoms with van der Waals surface area (Å²) in [5.74, 6) is -0.294. The predicted octanol–water partition coefficient (Wildman–Crippen LogP) is 4.17. The van der Waals surface area contributed by atoms with Crippen molar-refractivity contribution in [2.45, 2.75) is 13.0 Å². The molecule has 0 bridgehead atoms. The summed E-state index contributed by atoms with van der Waals surface area (Å²) in [6, 6.07) is 9.83. The van der Waals surface area contributed by atoms with Crippen molar-refractivity contribution in [3.8, 4) is 0 Å². The van der Waals surface area contributed by atoms with Crippen molar-refractivity contribution in [3.63, 3.8) is 0 Å². The lowest BCUT2D eigenvalue weighted by Gasteiger charge is -2.24. The van der Waals surface area contributed by atoms with Crippen molar-refractivity contribution >= 4 is 29.1 Å². The van der Waals surface area contributed by atoms with Crippen LogP contribution in [0.2, 0.25) is 10.0 Å². The Balaban J connectivity index is 0.000000174. The summed E-state index contributed by atoms with van der Waals surface area (Å²) in [4.78, 5) is 13.3. The number of halogens is 3. The molecule has 0 aromatic heterocycles. The summed E-state index contributed by atoms with van der Waals surface area (Å²) < 4.78 is 12.8. The molecule has 128 valence electrons. The van der Waals surface area contributed by atoms with E-state index in [-0.39, 0.29) is 11.7 Å². The highest BCUT2D eigenvalue weighted by molar-refractivity contribution is 6.42. The largest absolute Gasteiger partial charge is 0.355 e. The molecule has 3 nitrogen and oxygen atoms in total. The Kier molecular flexibility index (Phi) is 6.60. The minimum absolute atomic E-state index is 0.121. The normalized spacial score (nSPS) is 13.5. The van der Waals surface area contributed by atoms with Crippen LogP contribution >= 0.6 is 23.2 Å². The van der Waals surface area contributed by atoms with Gasteiger partial charge in [-0.3, -0.25) is 4.79 Å². The zero-order chi connectivity index (χ0) is 17.7. The summed E-state index contributed by atoms with van der Waals surface area (Å²) in [6.07, 6.45) is 1.05. The summed E-state index contributed by atoms with van der Waals surface area (Å²) >= 11 is 11.4. The number of amides is 1. The molecule has 0 saturated heterocycles. The number of carbonyl (C=O) groups excluding carboxylic acids is 1. The first kappa shape index (κ1) is 18.7. The van der Waals surface area contributed by atoms with Crippen molar-refractivity contribution in [1.82, 2.24) is 10.2 Å². The van der Waals surface area contributed by atoms with Crippen LogP contribution in [0, 0.1) is 5.82 Å². The average Bonchev–Trinajstić information content (AvgIpc) is 2.56. The third-order valence-electron chi connectivity index (χ3n) is 3.78. The molecule has 1 amide bonds. The molecule has 24 heavy (non-hydrogen) atoms. The van der Waals surface area contributed by atoms with Crippen molar-refractivity contribution in [3.05, 3.63) is 69.0 Å². The van der Waals surface area contributed by atoms with Crippen LogP contribution in [0.3, 0.4) is 0 Å². The molecule has 1 aliphatic rings. The fourth-order valence-corrected chi connectivity index (χ4v) is 2.75. The SMILES string of the molecule is CN1CCc2ccc(F)cc2C1.CNC(=O)c1ccc(Cl)c(Cl)c1. The van der Waals surface area contributed by atoms with E-state index in [0.717, 1.165) is 25.1 Å². The van der Waals surface area contributed by atoms with Gasteiger partial charge in [-0.2, -0.15) is 0 Å². The van der Waals surface area contributed by atoms with Gasteiger partial charge in [0.05, 0.1) is 10.0 Å². The van der Waals surface area contributed by atoms with Gasteiger partial charge < -0.3 is 10.2 Å². The Morgan fingerprint density at radius 2 is 1.88 bits per heavy atom. The number of benzene rings is 2. The number of hydrogen-bond acceptors (Lipinski definition) is 2. The van der Waals surface area contributed by atoms with Gasteiger partial charge in [0.1, 0.15) is 5.82 Å². The summed E-state index contributed by atoms with van der Waals surface area (Å²) in [6.45, 7) is 1.96. The zero-order valence-corrected chi connectivity index (χ0v) is 15.1. The summed E-state index contributed by atoms with van der Waals surface area (Å²) in [7, 11) is 3.62. The number of rotatable bonds is 1. The van der Waals surface area contributed by atoms with E-state index in [4.69, 9.17) is 23.2 Å². The highest BCUT2D eigenvalue weighted by Crippen LogP contribution is 2.22. The fourth-order valence-electron chi connectivity index (χ4n) is 2.45. The van der Waals surface area contributed by atoms with Gasteiger partial charge in [-0.15, -0.1) is 0 Å². The maximum Gasteiger partial charge on any atom is 0.251 e. The topological polar surface area (TPSA) is 32.3 Å². The van der Waals surface area contributed by atoms with Gasteiger partial charge in [-0.1, -0.05) is 29.3 Å². The number of nitrogens with one attached hydrogen (secondary N) is 1. The second kappa shape index (κ2) is 8.47. The third-order valence-corrected chi connectivity index (χ3v) is 4.52. The smallest absolute Gasteiger partial charge is 0.251 e. The van der Waals surface area contributed by atoms with Gasteiger partial charge in [0, 0.05) is 25.7 Å². The van der Waals surface area contributed by atoms with E-state index in [1.807, 2.05) is 6.07 Å². The van der Waals surface area contributed by atoms with Gasteiger partial charge in [0.15, 0.2) is 0 Å². The van der Waals surface area contributed by atoms with E-state index in [2.05, 4.69) is 17.3 Å². The zero-order valence-electron chi connectivity index (χ0n) is 13.6. The van der Waals surface area contributed by atoms with Gasteiger partial charge in [0.2, 0.25) is 0 Å². The Hall–Kier alpha value is -1.62. The molecule has 1 N–H and O–H groups in total. The third kappa shape index (κ3) is 4.94. The molecule has 0 fully saturated rings. The van der Waals surface area contributed by atoms with E-state index in [9.17, 15) is 9.18 Å². The molecule has 0 radical (unpaired) electrons. The molecule has 6 heteroatoms. The molecule has 0 aliphatic carbocycles. The van der Waals surface area contributed by atoms with E-state index >= 15 is 0 Å². The average molecular weight is 369 g/mol. The molecule has 0 saturated carbocycles. The molecule has 2 aromatic carbocycles. The Morgan fingerprint density at radius 1 is 1.12 bits per heavy atom. The van der Waals surface area contributed by atoms with Crippen molar-refractivity contribution in [2.24, 2.45) is 0 Å². The van der Waals surface area contributed by atoms with Gasteiger partial charge in [-0.05, 0) is 54.9 Å². The number of likely N-dealkylation sites (N-methyl/N-ethyl adjacent to an activating group) is 1. The van der Waals surface area contributed by atoms with Crippen LogP contribution in [-0.2, 0) is 13.0 Å². The van der Waals surface area contributed by atoms with Crippen molar-refractivity contribution < 1.29 is 9.18 Å². The lowest BCUT2D eigenvalue weighted by atomic mass is 10.0. The minimum atomic E-state index is -0.173. The molecule has 1 heterocycles. The monoisotopic (exact) mass is 368 g/mol.